The molecule has 1 heterocycles. The summed E-state index contributed by atoms with van der Waals surface area (Å²) in [7, 11) is 3.09. The molecule has 0 saturated carbocycles. The van der Waals surface area contributed by atoms with Gasteiger partial charge in [-0.1, -0.05) is 23.7 Å². The fourth-order valence-electron chi connectivity index (χ4n) is 3.19. The molecule has 0 fully saturated rings. The third-order valence-electron chi connectivity index (χ3n) is 4.83. The second-order valence-corrected chi connectivity index (χ2v) is 7.22. The highest BCUT2D eigenvalue weighted by atomic mass is 79.9. The summed E-state index contributed by atoms with van der Waals surface area (Å²) >= 11 is 5.93. The van der Waals surface area contributed by atoms with E-state index in [1.165, 1.54) is 7.11 Å². The normalized spacial score (nSPS) is 10.0. The summed E-state index contributed by atoms with van der Waals surface area (Å²) in [6.07, 6.45) is 4.51. The first-order valence-electron chi connectivity index (χ1n) is 9.45. The lowest BCUT2D eigenvalue weighted by Gasteiger charge is -2.09. The molecule has 0 spiro atoms. The number of aryl methyl sites for hydroxylation is 1. The molecule has 3 aromatic rings. The molecule has 0 aliphatic heterocycles. The highest BCUT2D eigenvalue weighted by molar-refractivity contribution is 6.30. The van der Waals surface area contributed by atoms with Gasteiger partial charge in [-0.2, -0.15) is 9.83 Å². The van der Waals surface area contributed by atoms with Gasteiger partial charge >= 0.3 is 0 Å². The van der Waals surface area contributed by atoms with Gasteiger partial charge in [0, 0.05) is 28.6 Å². The molecular weight excluding hydrogens is 480 g/mol. The van der Waals surface area contributed by atoms with Gasteiger partial charge in [-0.05, 0) is 42.3 Å². The predicted molar refractivity (Wildman–Crippen MR) is 114 cm³/mol. The third-order valence-corrected chi connectivity index (χ3v) is 5.09. The number of rotatable bonds is 8. The Labute approximate surface area is 197 Å². The van der Waals surface area contributed by atoms with Crippen LogP contribution >= 0.6 is 11.6 Å². The van der Waals surface area contributed by atoms with Crippen LogP contribution in [0.5, 0.6) is 11.5 Å². The number of hydrogen-bond donors (Lipinski definition) is 0. The van der Waals surface area contributed by atoms with Gasteiger partial charge in [-0.15, -0.1) is 0 Å². The Morgan fingerprint density at radius 2 is 1.77 bits per heavy atom. The maximum atomic E-state index is 12.6. The van der Waals surface area contributed by atoms with E-state index in [-0.39, 0.29) is 22.8 Å². The van der Waals surface area contributed by atoms with Gasteiger partial charge in [0.25, 0.3) is 0 Å². The van der Waals surface area contributed by atoms with E-state index in [1.54, 1.807) is 25.3 Å². The molecule has 1 aromatic heterocycles. The number of nitrogens with zero attached hydrogens (tertiary/aromatic N) is 2. The zero-order valence-electron chi connectivity index (χ0n) is 17.3. The van der Waals surface area contributed by atoms with Crippen LogP contribution in [-0.2, 0) is 13.0 Å². The zero-order chi connectivity index (χ0) is 21.5. The average molecular weight is 502 g/mol. The number of hydrogen-bond acceptors (Lipinski definition) is 4. The number of aromatic nitrogens is 1. The summed E-state index contributed by atoms with van der Waals surface area (Å²) in [4.78, 5) is 12.6. The van der Waals surface area contributed by atoms with Crippen molar-refractivity contribution < 1.29 is 35.8 Å². The minimum atomic E-state index is -0.0160. The summed E-state index contributed by atoms with van der Waals surface area (Å²) in [5.74, 6) is 1.08. The van der Waals surface area contributed by atoms with Crippen LogP contribution in [0.4, 0.5) is 0 Å². The molecule has 0 aliphatic carbocycles. The van der Waals surface area contributed by atoms with Crippen molar-refractivity contribution in [2.45, 2.75) is 19.4 Å². The highest BCUT2D eigenvalue weighted by Gasteiger charge is 2.14. The Hall–Kier alpha value is -2.88. The van der Waals surface area contributed by atoms with E-state index >= 15 is 0 Å². The standard InChI is InChI=1S/C24H22ClN2O3.BrH/c1-29-23-10-6-19(13-24(23)30-2)22(28)9-5-18-11-12-27(16-20(18)14-26)15-17-3-7-21(25)8-4-17;/h3-4,6-8,10-13,16H,5,9,15H2,1-2H3;1H/q+1;/p-1. The monoisotopic (exact) mass is 500 g/mol. The largest absolute Gasteiger partial charge is 1.00 e. The number of ketones is 1. The molecule has 160 valence electrons. The summed E-state index contributed by atoms with van der Waals surface area (Å²) in [5, 5.41) is 10.2. The Kier molecular flexibility index (Phi) is 9.04. The molecule has 0 atom stereocenters. The first-order chi connectivity index (χ1) is 14.5. The molecule has 5 nitrogen and oxygen atoms in total. The number of ether oxygens (including phenoxy) is 2. The summed E-state index contributed by atoms with van der Waals surface area (Å²) in [6.45, 7) is 0.636. The Morgan fingerprint density at radius 3 is 2.42 bits per heavy atom. The van der Waals surface area contributed by atoms with Crippen molar-refractivity contribution in [2.24, 2.45) is 0 Å². The first kappa shape index (κ1) is 24.4. The third kappa shape index (κ3) is 6.30. The second kappa shape index (κ2) is 11.5. The van der Waals surface area contributed by atoms with Crippen LogP contribution in [0.1, 0.15) is 33.5 Å². The molecule has 0 amide bonds. The lowest BCUT2D eigenvalue weighted by atomic mass is 10.0. The van der Waals surface area contributed by atoms with Crippen molar-refractivity contribution in [3.63, 3.8) is 0 Å². The number of carbonyl (C=O) groups excluding carboxylic acids is 1. The van der Waals surface area contributed by atoms with E-state index < -0.39 is 0 Å². The molecule has 0 saturated heterocycles. The fourth-order valence-corrected chi connectivity index (χ4v) is 3.31. The first-order valence-corrected chi connectivity index (χ1v) is 9.83. The van der Waals surface area contributed by atoms with Crippen LogP contribution in [0.3, 0.4) is 0 Å². The second-order valence-electron chi connectivity index (χ2n) is 6.79. The van der Waals surface area contributed by atoms with Crippen LogP contribution in [0.25, 0.3) is 0 Å². The van der Waals surface area contributed by atoms with E-state index in [2.05, 4.69) is 6.07 Å². The molecule has 0 bridgehead atoms. The quantitative estimate of drug-likeness (QED) is 0.346. The van der Waals surface area contributed by atoms with Gasteiger partial charge in [0.05, 0.1) is 14.2 Å². The van der Waals surface area contributed by atoms with E-state index in [4.69, 9.17) is 21.1 Å². The minimum absolute atomic E-state index is 0. The highest BCUT2D eigenvalue weighted by Crippen LogP contribution is 2.28. The van der Waals surface area contributed by atoms with Crippen LogP contribution in [0, 0.1) is 11.3 Å². The van der Waals surface area contributed by atoms with Crippen molar-refractivity contribution in [1.29, 1.82) is 5.26 Å². The molecule has 7 heteroatoms. The molecule has 3 rings (SSSR count). The fraction of sp³-hybridized carbons (Fsp3) is 0.208. The maximum absolute atomic E-state index is 12.6. The number of benzene rings is 2. The van der Waals surface area contributed by atoms with Gasteiger partial charge in [-0.25, -0.2) is 0 Å². The van der Waals surface area contributed by atoms with Gasteiger partial charge in [0.15, 0.2) is 36.2 Å². The van der Waals surface area contributed by atoms with E-state index in [0.717, 1.165) is 11.1 Å². The topological polar surface area (TPSA) is 63.2 Å². The van der Waals surface area contributed by atoms with Gasteiger partial charge in [-0.3, -0.25) is 4.79 Å². The van der Waals surface area contributed by atoms with E-state index in [0.29, 0.717) is 47.0 Å². The van der Waals surface area contributed by atoms with Crippen molar-refractivity contribution in [3.8, 4) is 17.6 Å². The number of nitriles is 1. The number of halogens is 2. The van der Waals surface area contributed by atoms with E-state index in [1.807, 2.05) is 47.3 Å². The van der Waals surface area contributed by atoms with Crippen LogP contribution < -0.4 is 31.0 Å². The molecule has 31 heavy (non-hydrogen) atoms. The lowest BCUT2D eigenvalue weighted by molar-refractivity contribution is -0.688. The van der Waals surface area contributed by atoms with Gasteiger partial charge in [0.1, 0.15) is 11.6 Å². The summed E-state index contributed by atoms with van der Waals surface area (Å²) < 4.78 is 12.4. The molecule has 0 aliphatic rings. The van der Waals surface area contributed by atoms with Crippen LogP contribution in [0.2, 0.25) is 5.02 Å². The van der Waals surface area contributed by atoms with Crippen molar-refractivity contribution in [3.05, 3.63) is 88.2 Å². The number of Topliss-reactive ketones (excluding diaryl/α,β-unsaturated/α-hetero) is 1. The van der Waals surface area contributed by atoms with Crippen molar-refractivity contribution >= 4 is 17.4 Å². The van der Waals surface area contributed by atoms with E-state index in [9.17, 15) is 10.1 Å². The van der Waals surface area contributed by atoms with Crippen molar-refractivity contribution in [2.75, 3.05) is 14.2 Å². The smallest absolute Gasteiger partial charge is 0.187 e. The number of pyridine rings is 1. The minimum Gasteiger partial charge on any atom is -1.00 e. The zero-order valence-corrected chi connectivity index (χ0v) is 19.6. The van der Waals surface area contributed by atoms with Crippen LogP contribution in [0.15, 0.2) is 60.9 Å². The lowest BCUT2D eigenvalue weighted by Crippen LogP contribution is -3.00. The maximum Gasteiger partial charge on any atom is 0.187 e. The number of carbonyl (C=O) groups is 1. The number of methoxy groups -OCH3 is 2. The molecule has 0 unspecified atom stereocenters. The summed E-state index contributed by atoms with van der Waals surface area (Å²) in [6, 6.07) is 16.9. The SMILES string of the molecule is COc1ccc(C(=O)CCc2cc[n+](Cc3ccc(Cl)cc3)cc2C#N)cc1OC.[Br-]. The molecule has 0 N–H and O–H groups in total. The van der Waals surface area contributed by atoms with Crippen LogP contribution in [-0.4, -0.2) is 20.0 Å². The molecule has 2 aromatic carbocycles. The average Bonchev–Trinajstić information content (AvgIpc) is 2.78. The molecular formula is C24H22BrClN2O3. The summed E-state index contributed by atoms with van der Waals surface area (Å²) in [5.41, 5.74) is 3.05. The van der Waals surface area contributed by atoms with Gasteiger partial charge < -0.3 is 26.5 Å². The Bertz CT molecular complexity index is 1090. The predicted octanol–water partition coefficient (Wildman–Crippen LogP) is 1.38. The van der Waals surface area contributed by atoms with Crippen molar-refractivity contribution in [1.82, 2.24) is 0 Å². The Balaban J connectivity index is 0.00000341. The Morgan fingerprint density at radius 1 is 1.06 bits per heavy atom. The van der Waals surface area contributed by atoms with Gasteiger partial charge in [0.2, 0.25) is 0 Å². The molecule has 0 radical (unpaired) electrons.